The van der Waals surface area contributed by atoms with Crippen LogP contribution in [-0.2, 0) is 4.79 Å². The van der Waals surface area contributed by atoms with Crippen LogP contribution in [0.2, 0.25) is 10.2 Å². The molecule has 2 fully saturated rings. The summed E-state index contributed by atoms with van der Waals surface area (Å²) in [5, 5.41) is 0.552. The number of hydrogen-bond donors (Lipinski definition) is 0. The van der Waals surface area contributed by atoms with Gasteiger partial charge >= 0.3 is 0 Å². The van der Waals surface area contributed by atoms with Gasteiger partial charge in [-0.25, -0.2) is 4.98 Å². The van der Waals surface area contributed by atoms with E-state index < -0.39 is 0 Å². The van der Waals surface area contributed by atoms with Gasteiger partial charge in [-0.15, -0.1) is 0 Å². The second-order valence-corrected chi connectivity index (χ2v) is 7.56. The Morgan fingerprint density at radius 1 is 0.920 bits per heavy atom. The average Bonchev–Trinajstić information content (AvgIpc) is 2.92. The Morgan fingerprint density at radius 2 is 1.56 bits per heavy atom. The highest BCUT2D eigenvalue weighted by molar-refractivity contribution is 6.34. The lowest BCUT2D eigenvalue weighted by atomic mass is 9.95. The standard InChI is InChI=1S/C18H23Cl2N3O2/c19-14-5-6-15(20)21-16(14)18(25)23-11-7-13(8-12-23)17(24)22-9-3-1-2-4-10-22/h5-6,13H,1-4,7-12H2. The summed E-state index contributed by atoms with van der Waals surface area (Å²) < 4.78 is 0. The Labute approximate surface area is 158 Å². The summed E-state index contributed by atoms with van der Waals surface area (Å²) in [5.41, 5.74) is 0.187. The lowest BCUT2D eigenvalue weighted by Gasteiger charge is -2.34. The van der Waals surface area contributed by atoms with Crippen molar-refractivity contribution in [2.24, 2.45) is 5.92 Å². The second-order valence-electron chi connectivity index (χ2n) is 6.77. The molecule has 7 heteroatoms. The predicted molar refractivity (Wildman–Crippen MR) is 97.9 cm³/mol. The van der Waals surface area contributed by atoms with E-state index in [2.05, 4.69) is 4.98 Å². The van der Waals surface area contributed by atoms with Crippen molar-refractivity contribution in [3.8, 4) is 0 Å². The number of halogens is 2. The van der Waals surface area contributed by atoms with Gasteiger partial charge in [0.25, 0.3) is 5.91 Å². The summed E-state index contributed by atoms with van der Waals surface area (Å²) in [6.07, 6.45) is 6.01. The van der Waals surface area contributed by atoms with E-state index in [-0.39, 0.29) is 28.6 Å². The summed E-state index contributed by atoms with van der Waals surface area (Å²) in [5.74, 6) is 0.0611. The number of rotatable bonds is 2. The van der Waals surface area contributed by atoms with Gasteiger partial charge in [0.05, 0.1) is 5.02 Å². The van der Waals surface area contributed by atoms with Crippen molar-refractivity contribution in [1.29, 1.82) is 0 Å². The highest BCUT2D eigenvalue weighted by Gasteiger charge is 2.31. The monoisotopic (exact) mass is 383 g/mol. The average molecular weight is 384 g/mol. The quantitative estimate of drug-likeness (QED) is 0.732. The number of likely N-dealkylation sites (tertiary alicyclic amines) is 2. The maximum Gasteiger partial charge on any atom is 0.274 e. The normalized spacial score (nSPS) is 19.6. The number of nitrogens with zero attached hydrogens (tertiary/aromatic N) is 3. The Morgan fingerprint density at radius 3 is 2.20 bits per heavy atom. The minimum atomic E-state index is -0.215. The first-order chi connectivity index (χ1) is 12.1. The maximum atomic E-state index is 12.7. The molecule has 2 amide bonds. The minimum Gasteiger partial charge on any atom is -0.342 e. The summed E-state index contributed by atoms with van der Waals surface area (Å²) in [6, 6.07) is 3.15. The molecule has 0 aliphatic carbocycles. The van der Waals surface area contributed by atoms with Crippen LogP contribution in [0.1, 0.15) is 49.0 Å². The van der Waals surface area contributed by atoms with Crippen LogP contribution in [0, 0.1) is 5.92 Å². The van der Waals surface area contributed by atoms with Gasteiger partial charge in [-0.2, -0.15) is 0 Å². The van der Waals surface area contributed by atoms with E-state index in [0.29, 0.717) is 31.0 Å². The van der Waals surface area contributed by atoms with Crippen molar-refractivity contribution in [2.75, 3.05) is 26.2 Å². The molecule has 1 aromatic rings. The molecule has 0 N–H and O–H groups in total. The molecule has 3 heterocycles. The van der Waals surface area contributed by atoms with Gasteiger partial charge in [0, 0.05) is 32.1 Å². The van der Waals surface area contributed by atoms with Gasteiger partial charge < -0.3 is 9.80 Å². The third kappa shape index (κ3) is 4.45. The molecule has 5 nitrogen and oxygen atoms in total. The molecule has 3 rings (SSSR count). The van der Waals surface area contributed by atoms with Crippen LogP contribution in [0.4, 0.5) is 0 Å². The fourth-order valence-electron chi connectivity index (χ4n) is 3.60. The van der Waals surface area contributed by atoms with E-state index in [1.165, 1.54) is 12.8 Å². The SMILES string of the molecule is O=C(c1nc(Cl)ccc1Cl)N1CCC(C(=O)N2CCCCCC2)CC1. The van der Waals surface area contributed by atoms with Crippen molar-refractivity contribution < 1.29 is 9.59 Å². The van der Waals surface area contributed by atoms with Gasteiger partial charge in [-0.1, -0.05) is 36.0 Å². The zero-order chi connectivity index (χ0) is 17.8. The largest absolute Gasteiger partial charge is 0.342 e. The highest BCUT2D eigenvalue weighted by Crippen LogP contribution is 2.25. The number of aromatic nitrogens is 1. The lowest BCUT2D eigenvalue weighted by molar-refractivity contribution is -0.136. The third-order valence-corrected chi connectivity index (χ3v) is 5.58. The molecule has 0 atom stereocenters. The minimum absolute atomic E-state index is 0.0185. The van der Waals surface area contributed by atoms with Crippen molar-refractivity contribution >= 4 is 35.0 Å². The van der Waals surface area contributed by atoms with Gasteiger partial charge in [0.15, 0.2) is 0 Å². The summed E-state index contributed by atoms with van der Waals surface area (Å²) in [6.45, 7) is 2.85. The van der Waals surface area contributed by atoms with E-state index in [4.69, 9.17) is 23.2 Å². The summed E-state index contributed by atoms with van der Waals surface area (Å²) in [7, 11) is 0. The zero-order valence-corrected chi connectivity index (χ0v) is 15.7. The third-order valence-electron chi connectivity index (χ3n) is 5.06. The van der Waals surface area contributed by atoms with Crippen molar-refractivity contribution in [2.45, 2.75) is 38.5 Å². The first-order valence-corrected chi connectivity index (χ1v) is 9.72. The Kier molecular flexibility index (Phi) is 6.18. The summed E-state index contributed by atoms with van der Waals surface area (Å²) >= 11 is 12.0. The molecule has 0 saturated carbocycles. The molecule has 136 valence electrons. The molecule has 0 radical (unpaired) electrons. The van der Waals surface area contributed by atoms with Crippen LogP contribution < -0.4 is 0 Å². The molecular formula is C18H23Cl2N3O2. The van der Waals surface area contributed by atoms with Crippen LogP contribution >= 0.6 is 23.2 Å². The van der Waals surface area contributed by atoms with Crippen LogP contribution in [0.25, 0.3) is 0 Å². The van der Waals surface area contributed by atoms with E-state index in [1.807, 2.05) is 4.90 Å². The fourth-order valence-corrected chi connectivity index (χ4v) is 3.93. The summed E-state index contributed by atoms with van der Waals surface area (Å²) in [4.78, 5) is 33.1. The van der Waals surface area contributed by atoms with Gasteiger partial charge in [-0.3, -0.25) is 9.59 Å². The number of pyridine rings is 1. The molecule has 1 aromatic heterocycles. The molecule has 2 saturated heterocycles. The smallest absolute Gasteiger partial charge is 0.274 e. The number of hydrogen-bond acceptors (Lipinski definition) is 3. The van der Waals surface area contributed by atoms with Gasteiger partial charge in [-0.05, 0) is 37.8 Å². The van der Waals surface area contributed by atoms with Crippen LogP contribution in [0.5, 0.6) is 0 Å². The molecule has 0 spiro atoms. The van der Waals surface area contributed by atoms with E-state index in [0.717, 1.165) is 25.9 Å². The Hall–Kier alpha value is -1.33. The van der Waals surface area contributed by atoms with E-state index in [9.17, 15) is 9.59 Å². The number of amides is 2. The molecule has 0 aromatic carbocycles. The van der Waals surface area contributed by atoms with Crippen molar-refractivity contribution in [3.05, 3.63) is 28.0 Å². The fraction of sp³-hybridized carbons (Fsp3) is 0.611. The first kappa shape index (κ1) is 18.5. The molecule has 2 aliphatic rings. The number of carbonyl (C=O) groups is 2. The van der Waals surface area contributed by atoms with Crippen LogP contribution in [-0.4, -0.2) is 52.8 Å². The first-order valence-electron chi connectivity index (χ1n) is 8.96. The molecule has 0 unspecified atom stereocenters. The topological polar surface area (TPSA) is 53.5 Å². The van der Waals surface area contributed by atoms with E-state index in [1.54, 1.807) is 17.0 Å². The maximum absolute atomic E-state index is 12.7. The lowest BCUT2D eigenvalue weighted by Crippen LogP contribution is -2.44. The Bertz CT molecular complexity index is 637. The molecule has 2 aliphatic heterocycles. The van der Waals surface area contributed by atoms with Gasteiger partial charge in [0.2, 0.25) is 5.91 Å². The highest BCUT2D eigenvalue weighted by atomic mass is 35.5. The van der Waals surface area contributed by atoms with Gasteiger partial charge in [0.1, 0.15) is 10.8 Å². The molecule has 25 heavy (non-hydrogen) atoms. The van der Waals surface area contributed by atoms with Crippen molar-refractivity contribution in [3.63, 3.8) is 0 Å². The Balaban J connectivity index is 1.58. The van der Waals surface area contributed by atoms with Crippen molar-refractivity contribution in [1.82, 2.24) is 14.8 Å². The molecular weight excluding hydrogens is 361 g/mol. The number of piperidine rings is 1. The van der Waals surface area contributed by atoms with Crippen LogP contribution in [0.3, 0.4) is 0 Å². The molecule has 0 bridgehead atoms. The predicted octanol–water partition coefficient (Wildman–Crippen LogP) is 3.64. The van der Waals surface area contributed by atoms with E-state index >= 15 is 0 Å². The van der Waals surface area contributed by atoms with Crippen LogP contribution in [0.15, 0.2) is 12.1 Å². The zero-order valence-electron chi connectivity index (χ0n) is 14.2. The second kappa shape index (κ2) is 8.37. The number of carbonyl (C=O) groups excluding carboxylic acids is 2.